The molecule has 0 saturated carbocycles. The zero-order valence-corrected chi connectivity index (χ0v) is 29.1. The minimum atomic E-state index is 0.229. The molecule has 0 fully saturated rings. The Balaban J connectivity index is 1.11. The van der Waals surface area contributed by atoms with Gasteiger partial charge in [-0.2, -0.15) is 0 Å². The molecule has 0 bridgehead atoms. The van der Waals surface area contributed by atoms with Gasteiger partial charge >= 0.3 is 0 Å². The Hall–Kier alpha value is -5.94. The molecule has 4 aromatic carbocycles. The van der Waals surface area contributed by atoms with Gasteiger partial charge in [-0.05, 0) is 125 Å². The zero-order chi connectivity index (χ0) is 34.1. The van der Waals surface area contributed by atoms with Crippen molar-refractivity contribution in [3.05, 3.63) is 167 Å². The van der Waals surface area contributed by atoms with Crippen molar-refractivity contribution in [1.82, 2.24) is 14.5 Å². The highest BCUT2D eigenvalue weighted by atomic mass is 15.2. The van der Waals surface area contributed by atoms with E-state index in [1.54, 1.807) is 0 Å². The van der Waals surface area contributed by atoms with Crippen molar-refractivity contribution in [1.29, 1.82) is 0 Å². The summed E-state index contributed by atoms with van der Waals surface area (Å²) in [4.78, 5) is 14.2. The van der Waals surface area contributed by atoms with Crippen LogP contribution in [0.3, 0.4) is 0 Å². The van der Waals surface area contributed by atoms with E-state index in [4.69, 9.17) is 4.98 Å². The van der Waals surface area contributed by atoms with E-state index in [-0.39, 0.29) is 6.04 Å². The van der Waals surface area contributed by atoms with Gasteiger partial charge < -0.3 is 14.4 Å². The van der Waals surface area contributed by atoms with Gasteiger partial charge in [-0.1, -0.05) is 53.1 Å². The molecule has 1 aliphatic carbocycles. The molecule has 2 unspecified atom stereocenters. The Morgan fingerprint density at radius 3 is 1.90 bits per heavy atom. The number of hydrogen-bond acceptors (Lipinski definition) is 4. The van der Waals surface area contributed by atoms with Crippen molar-refractivity contribution in [2.45, 2.75) is 46.6 Å². The van der Waals surface area contributed by atoms with Crippen LogP contribution >= 0.6 is 0 Å². The molecule has 0 amide bonds. The molecule has 0 saturated heterocycles. The van der Waals surface area contributed by atoms with E-state index in [0.717, 1.165) is 45.3 Å². The number of pyridine rings is 2. The summed E-state index contributed by atoms with van der Waals surface area (Å²) in [6.45, 7) is 10.6. The van der Waals surface area contributed by atoms with Crippen LogP contribution in [-0.4, -0.2) is 20.6 Å². The highest BCUT2D eigenvalue weighted by Crippen LogP contribution is 2.49. The fraction of sp³-hybridized carbons (Fsp3) is 0.156. The number of allylic oxidation sites excluding steroid dienone is 2. The molecule has 5 heteroatoms. The van der Waals surface area contributed by atoms with E-state index in [2.05, 4.69) is 175 Å². The lowest BCUT2D eigenvalue weighted by Crippen LogP contribution is -2.29. The van der Waals surface area contributed by atoms with Crippen LogP contribution in [0.1, 0.15) is 40.9 Å². The van der Waals surface area contributed by atoms with Crippen molar-refractivity contribution < 1.29 is 0 Å². The third-order valence-electron chi connectivity index (χ3n) is 10.3. The SMILES string of the molecule is CC1=CC2c3cc(C)ncc3N(c3ccc(N(c4ccc(C)cc4)c4ccc(-n5c6ccc(C)cc6c6cc(C)ncc65)cc4)cc3)C2C=C1. The van der Waals surface area contributed by atoms with Crippen LogP contribution in [0.4, 0.5) is 28.4 Å². The van der Waals surface area contributed by atoms with Gasteiger partial charge in [-0.15, -0.1) is 0 Å². The molecular weight excluding hydrogens is 611 g/mol. The topological polar surface area (TPSA) is 37.2 Å². The summed E-state index contributed by atoms with van der Waals surface area (Å²) >= 11 is 0. The number of benzene rings is 4. The van der Waals surface area contributed by atoms with Gasteiger partial charge in [0.2, 0.25) is 0 Å². The number of rotatable bonds is 5. The van der Waals surface area contributed by atoms with Gasteiger partial charge in [-0.25, -0.2) is 0 Å². The minimum absolute atomic E-state index is 0.229. The molecule has 1 aliphatic heterocycles. The third kappa shape index (κ3) is 4.92. The second-order valence-corrected chi connectivity index (χ2v) is 13.9. The van der Waals surface area contributed by atoms with Gasteiger partial charge in [-0.3, -0.25) is 9.97 Å². The maximum absolute atomic E-state index is 4.70. The van der Waals surface area contributed by atoms with E-state index in [0.29, 0.717) is 5.92 Å². The van der Waals surface area contributed by atoms with Crippen LogP contribution in [0.25, 0.3) is 27.5 Å². The quantitative estimate of drug-likeness (QED) is 0.186. The fourth-order valence-electron chi connectivity index (χ4n) is 7.91. The zero-order valence-electron chi connectivity index (χ0n) is 29.1. The largest absolute Gasteiger partial charge is 0.332 e. The lowest BCUT2D eigenvalue weighted by atomic mass is 9.89. The van der Waals surface area contributed by atoms with E-state index in [1.165, 1.54) is 44.2 Å². The molecule has 0 N–H and O–H groups in total. The summed E-state index contributed by atoms with van der Waals surface area (Å²) in [5.74, 6) is 0.317. The van der Waals surface area contributed by atoms with Crippen LogP contribution in [0.15, 0.2) is 139 Å². The summed E-state index contributed by atoms with van der Waals surface area (Å²) < 4.78 is 2.33. The average molecular weight is 650 g/mol. The Kier molecular flexibility index (Phi) is 6.99. The first kappa shape index (κ1) is 30.1. The Bertz CT molecular complexity index is 2420. The van der Waals surface area contributed by atoms with Crippen LogP contribution < -0.4 is 9.80 Å². The van der Waals surface area contributed by atoms with Crippen LogP contribution in [-0.2, 0) is 0 Å². The molecule has 0 radical (unpaired) electrons. The molecule has 7 aromatic rings. The Labute approximate surface area is 293 Å². The van der Waals surface area contributed by atoms with E-state index in [9.17, 15) is 0 Å². The average Bonchev–Trinajstić information content (AvgIpc) is 3.61. The number of fused-ring (bicyclic) bond motifs is 6. The minimum Gasteiger partial charge on any atom is -0.332 e. The monoisotopic (exact) mass is 649 g/mol. The van der Waals surface area contributed by atoms with Crippen molar-refractivity contribution in [3.8, 4) is 5.69 Å². The lowest BCUT2D eigenvalue weighted by molar-refractivity contribution is 0.738. The highest BCUT2D eigenvalue weighted by molar-refractivity contribution is 6.09. The first-order chi connectivity index (χ1) is 24.3. The molecule has 3 aromatic heterocycles. The molecule has 9 rings (SSSR count). The molecule has 0 spiro atoms. The molecule has 50 heavy (non-hydrogen) atoms. The molecule has 244 valence electrons. The normalized spacial score (nSPS) is 16.5. The number of anilines is 5. The van der Waals surface area contributed by atoms with Crippen molar-refractivity contribution >= 4 is 50.2 Å². The Morgan fingerprint density at radius 2 is 1.18 bits per heavy atom. The fourth-order valence-corrected chi connectivity index (χ4v) is 7.91. The van der Waals surface area contributed by atoms with E-state index < -0.39 is 0 Å². The van der Waals surface area contributed by atoms with Crippen LogP contribution in [0.5, 0.6) is 0 Å². The van der Waals surface area contributed by atoms with Gasteiger partial charge in [0.1, 0.15) is 0 Å². The first-order valence-electron chi connectivity index (χ1n) is 17.4. The summed E-state index contributed by atoms with van der Waals surface area (Å²) in [6.07, 6.45) is 11.0. The van der Waals surface area contributed by atoms with Gasteiger partial charge in [0, 0.05) is 56.5 Å². The third-order valence-corrected chi connectivity index (χ3v) is 10.3. The molecule has 2 aliphatic rings. The second-order valence-electron chi connectivity index (χ2n) is 13.9. The smallest absolute Gasteiger partial charge is 0.0724 e. The van der Waals surface area contributed by atoms with Gasteiger partial charge in [0.25, 0.3) is 0 Å². The Morgan fingerprint density at radius 1 is 0.580 bits per heavy atom. The number of hydrogen-bond donors (Lipinski definition) is 0. The number of aryl methyl sites for hydroxylation is 4. The van der Waals surface area contributed by atoms with Crippen LogP contribution in [0, 0.1) is 27.7 Å². The number of nitrogens with zero attached hydrogens (tertiary/aromatic N) is 5. The van der Waals surface area contributed by atoms with Gasteiger partial charge in [0.15, 0.2) is 0 Å². The predicted molar refractivity (Wildman–Crippen MR) is 208 cm³/mol. The van der Waals surface area contributed by atoms with E-state index >= 15 is 0 Å². The molecular formula is C45H39N5. The first-order valence-corrected chi connectivity index (χ1v) is 17.4. The van der Waals surface area contributed by atoms with E-state index in [1.807, 2.05) is 12.4 Å². The van der Waals surface area contributed by atoms with Gasteiger partial charge in [0.05, 0.1) is 35.2 Å². The van der Waals surface area contributed by atoms with Crippen molar-refractivity contribution in [2.24, 2.45) is 0 Å². The van der Waals surface area contributed by atoms with Crippen molar-refractivity contribution in [2.75, 3.05) is 9.80 Å². The highest BCUT2D eigenvalue weighted by Gasteiger charge is 2.38. The summed E-state index contributed by atoms with van der Waals surface area (Å²) in [5.41, 5.74) is 16.3. The summed E-state index contributed by atoms with van der Waals surface area (Å²) in [5, 5.41) is 2.48. The standard InChI is InChI=1S/C45H39N5/c1-28-6-10-33(11-7-28)48(34-12-16-36(17-13-34)49-42-20-8-29(2)22-38(42)40-24-31(4)46-26-44(40)49)35-14-18-37(19-15-35)50-43-21-9-30(3)23-39(43)41-25-32(5)47-27-45(41)50/h6-27,38,42H,1-5H3. The molecule has 4 heterocycles. The maximum atomic E-state index is 4.70. The maximum Gasteiger partial charge on any atom is 0.0724 e. The number of aromatic nitrogens is 3. The summed E-state index contributed by atoms with van der Waals surface area (Å²) in [6, 6.07) is 38.1. The second kappa shape index (κ2) is 11.6. The van der Waals surface area contributed by atoms with Crippen molar-refractivity contribution in [3.63, 3.8) is 0 Å². The summed E-state index contributed by atoms with van der Waals surface area (Å²) in [7, 11) is 0. The molecule has 5 nitrogen and oxygen atoms in total. The predicted octanol–water partition coefficient (Wildman–Crippen LogP) is 11.4. The molecule has 2 atom stereocenters. The lowest BCUT2D eigenvalue weighted by Gasteiger charge is -2.30. The van der Waals surface area contributed by atoms with Crippen LogP contribution in [0.2, 0.25) is 0 Å².